The Hall–Kier alpha value is -2.87. The number of nitrogens with one attached hydrogen (secondary N) is 1. The molecular formula is C20H17FN2O2. The molecule has 0 bridgehead atoms. The summed E-state index contributed by atoms with van der Waals surface area (Å²) in [5, 5.41) is 11.8. The number of halogens is 1. The first-order valence-electron chi connectivity index (χ1n) is 8.45. The second-order valence-electron chi connectivity index (χ2n) is 6.67. The van der Waals surface area contributed by atoms with E-state index >= 15 is 0 Å². The molecule has 1 fully saturated rings. The molecule has 2 aliphatic rings. The van der Waals surface area contributed by atoms with E-state index in [1.807, 2.05) is 24.3 Å². The van der Waals surface area contributed by atoms with Crippen molar-refractivity contribution >= 4 is 11.8 Å². The maximum Gasteiger partial charge on any atom is 0.412 e. The molecule has 0 aromatic heterocycles. The SMILES string of the molecule is N#Cc1cc(F)cc(-c2ccc3c(c2)C2(CCCCC2)OC(=O)N3)c1. The molecule has 2 aromatic carbocycles. The Morgan fingerprint density at radius 3 is 2.64 bits per heavy atom. The smallest absolute Gasteiger partial charge is 0.412 e. The molecule has 1 N–H and O–H groups in total. The predicted octanol–water partition coefficient (Wildman–Crippen LogP) is 5.09. The number of anilines is 1. The Morgan fingerprint density at radius 1 is 1.08 bits per heavy atom. The second-order valence-corrected chi connectivity index (χ2v) is 6.67. The van der Waals surface area contributed by atoms with Crippen LogP contribution in [0.25, 0.3) is 11.1 Å². The van der Waals surface area contributed by atoms with Gasteiger partial charge in [-0.2, -0.15) is 5.26 Å². The standard InChI is InChI=1S/C20H17FN2O2/c21-16-9-13(12-22)8-15(10-16)14-4-5-18-17(11-14)20(25-19(24)23-18)6-2-1-3-7-20/h4-5,8-11H,1-3,6-7H2,(H,23,24). The number of ether oxygens (including phenoxy) is 1. The molecule has 5 heteroatoms. The molecule has 1 aliphatic heterocycles. The monoisotopic (exact) mass is 336 g/mol. The molecule has 126 valence electrons. The largest absolute Gasteiger partial charge is 0.438 e. The van der Waals surface area contributed by atoms with Gasteiger partial charge in [0.05, 0.1) is 17.3 Å². The molecule has 4 rings (SSSR count). The Kier molecular flexibility index (Phi) is 3.69. The van der Waals surface area contributed by atoms with Crippen molar-refractivity contribution < 1.29 is 13.9 Å². The van der Waals surface area contributed by atoms with E-state index in [0.29, 0.717) is 5.56 Å². The molecule has 1 heterocycles. The topological polar surface area (TPSA) is 62.1 Å². The molecule has 0 atom stereocenters. The van der Waals surface area contributed by atoms with Crippen molar-refractivity contribution in [3.63, 3.8) is 0 Å². The van der Waals surface area contributed by atoms with Crippen molar-refractivity contribution in [2.75, 3.05) is 5.32 Å². The first-order valence-corrected chi connectivity index (χ1v) is 8.45. The number of hydrogen-bond acceptors (Lipinski definition) is 3. The third-order valence-corrected chi connectivity index (χ3v) is 5.06. The van der Waals surface area contributed by atoms with Crippen molar-refractivity contribution in [3.8, 4) is 17.2 Å². The third kappa shape index (κ3) is 2.74. The van der Waals surface area contributed by atoms with Gasteiger partial charge >= 0.3 is 6.09 Å². The fraction of sp³-hybridized carbons (Fsp3) is 0.300. The Morgan fingerprint density at radius 2 is 1.88 bits per heavy atom. The summed E-state index contributed by atoms with van der Waals surface area (Å²) in [5.41, 5.74) is 2.81. The first kappa shape index (κ1) is 15.6. The van der Waals surface area contributed by atoms with Crippen LogP contribution in [-0.2, 0) is 10.3 Å². The van der Waals surface area contributed by atoms with E-state index in [2.05, 4.69) is 5.32 Å². The number of benzene rings is 2. The number of nitrogens with zero attached hydrogens (tertiary/aromatic N) is 1. The average molecular weight is 336 g/mol. The first-order chi connectivity index (χ1) is 12.1. The molecular weight excluding hydrogens is 319 g/mol. The van der Waals surface area contributed by atoms with Gasteiger partial charge < -0.3 is 4.74 Å². The van der Waals surface area contributed by atoms with Crippen LogP contribution in [0.2, 0.25) is 0 Å². The molecule has 0 radical (unpaired) electrons. The molecule has 1 spiro atoms. The molecule has 0 saturated heterocycles. The lowest BCUT2D eigenvalue weighted by Gasteiger charge is -2.41. The Labute approximate surface area is 145 Å². The normalized spacial score (nSPS) is 18.0. The summed E-state index contributed by atoms with van der Waals surface area (Å²) in [4.78, 5) is 12.0. The van der Waals surface area contributed by atoms with Gasteiger partial charge in [0.2, 0.25) is 0 Å². The van der Waals surface area contributed by atoms with Crippen LogP contribution in [-0.4, -0.2) is 6.09 Å². The molecule has 1 aliphatic carbocycles. The summed E-state index contributed by atoms with van der Waals surface area (Å²) >= 11 is 0. The van der Waals surface area contributed by atoms with Crippen LogP contribution >= 0.6 is 0 Å². The lowest BCUT2D eigenvalue weighted by atomic mass is 9.77. The molecule has 4 nitrogen and oxygen atoms in total. The van der Waals surface area contributed by atoms with Crippen LogP contribution in [0.5, 0.6) is 0 Å². The van der Waals surface area contributed by atoms with Crippen molar-refractivity contribution in [2.45, 2.75) is 37.7 Å². The molecule has 25 heavy (non-hydrogen) atoms. The summed E-state index contributed by atoms with van der Waals surface area (Å²) in [6.07, 6.45) is 4.33. The third-order valence-electron chi connectivity index (χ3n) is 5.06. The van der Waals surface area contributed by atoms with Crippen LogP contribution in [0.15, 0.2) is 36.4 Å². The van der Waals surface area contributed by atoms with E-state index < -0.39 is 17.5 Å². The lowest BCUT2D eigenvalue weighted by molar-refractivity contribution is -0.0179. The zero-order valence-electron chi connectivity index (χ0n) is 13.6. The number of carbonyl (C=O) groups is 1. The Balaban J connectivity index is 1.84. The molecule has 1 saturated carbocycles. The van der Waals surface area contributed by atoms with Crippen molar-refractivity contribution in [2.24, 2.45) is 0 Å². The van der Waals surface area contributed by atoms with Crippen LogP contribution in [0.3, 0.4) is 0 Å². The number of hydrogen-bond donors (Lipinski definition) is 1. The fourth-order valence-electron chi connectivity index (χ4n) is 3.89. The number of carbonyl (C=O) groups excluding carboxylic acids is 1. The predicted molar refractivity (Wildman–Crippen MR) is 91.4 cm³/mol. The minimum absolute atomic E-state index is 0.282. The number of rotatable bonds is 1. The highest BCUT2D eigenvalue weighted by Gasteiger charge is 2.42. The van der Waals surface area contributed by atoms with Gasteiger partial charge in [-0.3, -0.25) is 5.32 Å². The zero-order chi connectivity index (χ0) is 17.4. The van der Waals surface area contributed by atoms with Crippen LogP contribution in [0.1, 0.15) is 43.2 Å². The van der Waals surface area contributed by atoms with E-state index in [0.717, 1.165) is 48.9 Å². The van der Waals surface area contributed by atoms with E-state index in [1.54, 1.807) is 6.07 Å². The fourth-order valence-corrected chi connectivity index (χ4v) is 3.89. The van der Waals surface area contributed by atoms with Crippen molar-refractivity contribution in [3.05, 3.63) is 53.3 Å². The summed E-state index contributed by atoms with van der Waals surface area (Å²) in [6, 6.07) is 11.9. The molecule has 2 aromatic rings. The van der Waals surface area contributed by atoms with Crippen LogP contribution < -0.4 is 5.32 Å². The van der Waals surface area contributed by atoms with Gasteiger partial charge in [0.15, 0.2) is 0 Å². The minimum atomic E-state index is -0.600. The van der Waals surface area contributed by atoms with E-state index in [1.165, 1.54) is 12.1 Å². The maximum absolute atomic E-state index is 13.8. The van der Waals surface area contributed by atoms with E-state index in [-0.39, 0.29) is 5.56 Å². The van der Waals surface area contributed by atoms with Gasteiger partial charge in [0.1, 0.15) is 11.4 Å². The summed E-state index contributed by atoms with van der Waals surface area (Å²) in [5.74, 6) is -0.441. The number of nitriles is 1. The minimum Gasteiger partial charge on any atom is -0.438 e. The van der Waals surface area contributed by atoms with Gasteiger partial charge in [-0.05, 0) is 67.1 Å². The van der Waals surface area contributed by atoms with Gasteiger partial charge in [-0.15, -0.1) is 0 Å². The van der Waals surface area contributed by atoms with Crippen molar-refractivity contribution in [1.29, 1.82) is 5.26 Å². The van der Waals surface area contributed by atoms with Gasteiger partial charge in [0, 0.05) is 5.56 Å². The van der Waals surface area contributed by atoms with Gasteiger partial charge in [-0.1, -0.05) is 12.5 Å². The van der Waals surface area contributed by atoms with Crippen LogP contribution in [0, 0.1) is 17.1 Å². The maximum atomic E-state index is 13.8. The Bertz CT molecular complexity index is 895. The molecule has 1 amide bonds. The van der Waals surface area contributed by atoms with Gasteiger partial charge in [-0.25, -0.2) is 9.18 Å². The summed E-state index contributed by atoms with van der Waals surface area (Å²) in [7, 11) is 0. The average Bonchev–Trinajstić information content (AvgIpc) is 2.61. The van der Waals surface area contributed by atoms with Gasteiger partial charge in [0.25, 0.3) is 0 Å². The highest BCUT2D eigenvalue weighted by Crippen LogP contribution is 2.47. The second kappa shape index (κ2) is 5.89. The highest BCUT2D eigenvalue weighted by molar-refractivity contribution is 5.90. The van der Waals surface area contributed by atoms with Crippen molar-refractivity contribution in [1.82, 2.24) is 0 Å². The van der Waals surface area contributed by atoms with Crippen LogP contribution in [0.4, 0.5) is 14.9 Å². The number of fused-ring (bicyclic) bond motifs is 2. The highest BCUT2D eigenvalue weighted by atomic mass is 19.1. The summed E-state index contributed by atoms with van der Waals surface area (Å²) < 4.78 is 19.5. The lowest BCUT2D eigenvalue weighted by Crippen LogP contribution is -2.41. The molecule has 0 unspecified atom stereocenters. The van der Waals surface area contributed by atoms with E-state index in [4.69, 9.17) is 10.00 Å². The zero-order valence-corrected chi connectivity index (χ0v) is 13.6. The number of amides is 1. The summed E-state index contributed by atoms with van der Waals surface area (Å²) in [6.45, 7) is 0. The quantitative estimate of drug-likeness (QED) is 0.789. The van der Waals surface area contributed by atoms with E-state index in [9.17, 15) is 9.18 Å².